The minimum atomic E-state index is -4.35. The summed E-state index contributed by atoms with van der Waals surface area (Å²) < 4.78 is 23.8. The molecule has 0 aromatic rings. The number of rotatable bonds is 69. The van der Waals surface area contributed by atoms with Crippen LogP contribution in [0.1, 0.15) is 393 Å². The van der Waals surface area contributed by atoms with Crippen molar-refractivity contribution in [2.45, 2.75) is 405 Å². The topological polar surface area (TPSA) is 105 Å². The molecule has 0 aromatic heterocycles. The number of nitrogens with one attached hydrogen (secondary N) is 1. The summed E-state index contributed by atoms with van der Waals surface area (Å²) in [5.41, 5.74) is 0. The van der Waals surface area contributed by atoms with Crippen LogP contribution >= 0.6 is 7.82 Å². The first-order valence-electron chi connectivity index (χ1n) is 36.6. The van der Waals surface area contributed by atoms with Crippen molar-refractivity contribution < 1.29 is 32.9 Å². The number of hydrogen-bond acceptors (Lipinski definition) is 5. The number of aliphatic hydroxyl groups excluding tert-OH is 1. The van der Waals surface area contributed by atoms with E-state index in [4.69, 9.17) is 9.05 Å². The Labute approximate surface area is 507 Å². The number of aliphatic hydroxyl groups is 1. The van der Waals surface area contributed by atoms with E-state index in [2.05, 4.69) is 19.2 Å². The fraction of sp³-hybridized carbons (Fsp3) is 0.958. The molecular weight excluding hydrogens is 1020 g/mol. The molecule has 484 valence electrons. The lowest BCUT2D eigenvalue weighted by atomic mass is 10.0. The fourth-order valence-electron chi connectivity index (χ4n) is 11.6. The number of hydrogen-bond donors (Lipinski definition) is 3. The minimum Gasteiger partial charge on any atom is -0.387 e. The first-order chi connectivity index (χ1) is 39.5. The molecule has 0 saturated heterocycles. The van der Waals surface area contributed by atoms with Crippen molar-refractivity contribution in [3.05, 3.63) is 12.2 Å². The van der Waals surface area contributed by atoms with Crippen molar-refractivity contribution in [1.82, 2.24) is 5.32 Å². The van der Waals surface area contributed by atoms with E-state index in [0.717, 1.165) is 32.1 Å². The Morgan fingerprint density at radius 2 is 0.654 bits per heavy atom. The van der Waals surface area contributed by atoms with Crippen LogP contribution in [0.4, 0.5) is 0 Å². The molecule has 0 fully saturated rings. The number of carbonyl (C=O) groups excluding carboxylic acids is 1. The van der Waals surface area contributed by atoms with Gasteiger partial charge in [-0.1, -0.05) is 379 Å². The number of allylic oxidation sites excluding steroid dienone is 1. The lowest BCUT2D eigenvalue weighted by Crippen LogP contribution is -2.45. The molecule has 3 unspecified atom stereocenters. The number of unbranched alkanes of at least 4 members (excludes halogenated alkanes) is 56. The van der Waals surface area contributed by atoms with Gasteiger partial charge in [-0.15, -0.1) is 0 Å². The van der Waals surface area contributed by atoms with Crippen molar-refractivity contribution in [3.8, 4) is 0 Å². The zero-order valence-corrected chi connectivity index (χ0v) is 56.5. The van der Waals surface area contributed by atoms with Gasteiger partial charge in [0.2, 0.25) is 5.91 Å². The number of likely N-dealkylation sites (N-methyl/N-ethyl adjacent to an activating group) is 1. The van der Waals surface area contributed by atoms with Crippen LogP contribution in [0, 0.1) is 0 Å². The van der Waals surface area contributed by atoms with Crippen LogP contribution in [0.3, 0.4) is 0 Å². The van der Waals surface area contributed by atoms with Crippen molar-refractivity contribution in [2.75, 3.05) is 40.9 Å². The zero-order valence-electron chi connectivity index (χ0n) is 55.6. The molecule has 0 aromatic carbocycles. The summed E-state index contributed by atoms with van der Waals surface area (Å²) in [5, 5.41) is 14.0. The number of phosphoric ester groups is 1. The van der Waals surface area contributed by atoms with E-state index in [1.165, 1.54) is 340 Å². The highest BCUT2D eigenvalue weighted by molar-refractivity contribution is 7.47. The highest BCUT2D eigenvalue weighted by atomic mass is 31.2. The van der Waals surface area contributed by atoms with E-state index in [-0.39, 0.29) is 19.1 Å². The van der Waals surface area contributed by atoms with Gasteiger partial charge in [-0.25, -0.2) is 4.57 Å². The minimum absolute atomic E-state index is 0.0655. The number of nitrogens with zero attached hydrogens (tertiary/aromatic N) is 1. The summed E-state index contributed by atoms with van der Waals surface area (Å²) in [7, 11) is 1.60. The van der Waals surface area contributed by atoms with E-state index in [1.807, 2.05) is 27.2 Å². The lowest BCUT2D eigenvalue weighted by Gasteiger charge is -2.25. The van der Waals surface area contributed by atoms with Gasteiger partial charge >= 0.3 is 7.82 Å². The van der Waals surface area contributed by atoms with Gasteiger partial charge in [-0.2, -0.15) is 0 Å². The SMILES string of the molecule is CCCCCCCCCCCCCCCCCCCCC/C=C/C(O)C(COP(=O)(O)OCC[N+](C)(C)C)NC(=O)CCCCCCCCCCCCCCCCCCCCCCCCCCCCCCCCCCCCCCCC. The average molecular weight is 1170 g/mol. The summed E-state index contributed by atoms with van der Waals surface area (Å²) in [6, 6.07) is -0.843. The second-order valence-corrected chi connectivity index (χ2v) is 28.1. The molecule has 3 N–H and O–H groups in total. The number of carbonyl (C=O) groups is 1. The molecule has 0 aliphatic rings. The Morgan fingerprint density at radius 1 is 0.407 bits per heavy atom. The molecule has 0 heterocycles. The Kier molecular flexibility index (Phi) is 63.1. The molecule has 0 bridgehead atoms. The van der Waals surface area contributed by atoms with E-state index in [0.29, 0.717) is 17.4 Å². The average Bonchev–Trinajstić information content (AvgIpc) is 3.43. The van der Waals surface area contributed by atoms with Crippen LogP contribution in [-0.2, 0) is 18.4 Å². The standard InChI is InChI=1S/C72H145N2O6P/c1-6-8-10-12-14-16-18-20-22-24-26-28-29-30-31-32-33-34-35-36-37-38-39-40-41-42-43-44-46-48-50-52-54-56-58-60-62-64-66-72(76)73-70(69-80-81(77,78)79-68-67-74(3,4)5)71(75)65-63-61-59-57-55-53-51-49-47-45-27-25-23-21-19-17-15-13-11-9-7-2/h63,65,70-71,75H,6-62,64,66-69H2,1-5H3,(H-,73,76,77,78)/p+1/b65-63+. The molecule has 1 amide bonds. The van der Waals surface area contributed by atoms with Crippen molar-refractivity contribution in [3.63, 3.8) is 0 Å². The van der Waals surface area contributed by atoms with Gasteiger partial charge in [-0.3, -0.25) is 13.8 Å². The van der Waals surface area contributed by atoms with Gasteiger partial charge in [0, 0.05) is 6.42 Å². The molecular formula is C72H146N2O6P+. The van der Waals surface area contributed by atoms with Crippen molar-refractivity contribution >= 4 is 13.7 Å². The lowest BCUT2D eigenvalue weighted by molar-refractivity contribution is -0.870. The monoisotopic (exact) mass is 1170 g/mol. The van der Waals surface area contributed by atoms with E-state index in [1.54, 1.807) is 6.08 Å². The van der Waals surface area contributed by atoms with E-state index < -0.39 is 20.0 Å². The predicted octanol–water partition coefficient (Wildman–Crippen LogP) is 23.3. The number of phosphoric acid groups is 1. The largest absolute Gasteiger partial charge is 0.472 e. The van der Waals surface area contributed by atoms with E-state index in [9.17, 15) is 19.4 Å². The molecule has 0 aliphatic carbocycles. The van der Waals surface area contributed by atoms with Crippen LogP contribution in [0.15, 0.2) is 12.2 Å². The number of quaternary nitrogens is 1. The van der Waals surface area contributed by atoms with Crippen molar-refractivity contribution in [1.29, 1.82) is 0 Å². The molecule has 81 heavy (non-hydrogen) atoms. The highest BCUT2D eigenvalue weighted by Gasteiger charge is 2.28. The molecule has 8 nitrogen and oxygen atoms in total. The first kappa shape index (κ1) is 80.2. The van der Waals surface area contributed by atoms with Crippen molar-refractivity contribution in [2.24, 2.45) is 0 Å². The summed E-state index contributed by atoms with van der Waals surface area (Å²) in [5.74, 6) is -0.167. The van der Waals surface area contributed by atoms with Crippen LogP contribution in [0.25, 0.3) is 0 Å². The van der Waals surface area contributed by atoms with Gasteiger partial charge in [-0.05, 0) is 19.3 Å². The summed E-state index contributed by atoms with van der Waals surface area (Å²) in [6.07, 6.45) is 82.4. The van der Waals surface area contributed by atoms with Crippen LogP contribution in [-0.4, -0.2) is 73.4 Å². The second-order valence-electron chi connectivity index (χ2n) is 26.7. The van der Waals surface area contributed by atoms with Crippen LogP contribution < -0.4 is 5.32 Å². The Bertz CT molecular complexity index is 1320. The quantitative estimate of drug-likeness (QED) is 0.0243. The van der Waals surface area contributed by atoms with Crippen LogP contribution in [0.2, 0.25) is 0 Å². The maximum atomic E-state index is 13.1. The second kappa shape index (κ2) is 63.7. The molecule has 0 saturated carbocycles. The Balaban J connectivity index is 3.91. The molecule has 0 radical (unpaired) electrons. The molecule has 9 heteroatoms. The smallest absolute Gasteiger partial charge is 0.387 e. The maximum absolute atomic E-state index is 13.1. The van der Waals surface area contributed by atoms with Crippen LogP contribution in [0.5, 0.6) is 0 Å². The predicted molar refractivity (Wildman–Crippen MR) is 355 cm³/mol. The molecule has 3 atom stereocenters. The molecule has 0 spiro atoms. The van der Waals surface area contributed by atoms with Gasteiger partial charge in [0.25, 0.3) is 0 Å². The van der Waals surface area contributed by atoms with E-state index >= 15 is 0 Å². The molecule has 0 rings (SSSR count). The Morgan fingerprint density at radius 3 is 0.914 bits per heavy atom. The third-order valence-corrected chi connectivity index (χ3v) is 18.2. The van der Waals surface area contributed by atoms with Gasteiger partial charge < -0.3 is 19.8 Å². The third kappa shape index (κ3) is 66.6. The van der Waals surface area contributed by atoms with Gasteiger partial charge in [0.15, 0.2) is 0 Å². The Hall–Kier alpha value is -0.760. The van der Waals surface area contributed by atoms with Gasteiger partial charge in [0.1, 0.15) is 13.2 Å². The fourth-order valence-corrected chi connectivity index (χ4v) is 12.3. The summed E-state index contributed by atoms with van der Waals surface area (Å²) in [4.78, 5) is 23.4. The summed E-state index contributed by atoms with van der Waals surface area (Å²) >= 11 is 0. The zero-order chi connectivity index (χ0) is 59.1. The first-order valence-corrected chi connectivity index (χ1v) is 38.1. The number of amides is 1. The summed E-state index contributed by atoms with van der Waals surface area (Å²) in [6.45, 7) is 4.89. The third-order valence-electron chi connectivity index (χ3n) is 17.3. The van der Waals surface area contributed by atoms with Gasteiger partial charge in [0.05, 0.1) is 39.9 Å². The normalized spacial score (nSPS) is 13.6. The molecule has 0 aliphatic heterocycles. The maximum Gasteiger partial charge on any atom is 0.472 e. The highest BCUT2D eigenvalue weighted by Crippen LogP contribution is 2.43.